The Hall–Kier alpha value is -4.88. The summed E-state index contributed by atoms with van der Waals surface area (Å²) in [7, 11) is 1.34. The molecular formula is C35H33ClN2O5. The highest BCUT2D eigenvalue weighted by Crippen LogP contribution is 2.23. The van der Waals surface area contributed by atoms with Gasteiger partial charge in [0.1, 0.15) is 11.8 Å². The van der Waals surface area contributed by atoms with E-state index in [2.05, 4.69) is 11.9 Å². The third kappa shape index (κ3) is 8.56. The molecule has 0 aromatic heterocycles. The maximum atomic E-state index is 13.2. The van der Waals surface area contributed by atoms with Crippen molar-refractivity contribution in [2.45, 2.75) is 18.9 Å². The lowest BCUT2D eigenvalue weighted by Gasteiger charge is -2.21. The van der Waals surface area contributed by atoms with Crippen molar-refractivity contribution >= 4 is 40.6 Å². The van der Waals surface area contributed by atoms with Crippen LogP contribution in [0.5, 0.6) is 5.75 Å². The average Bonchev–Trinajstić information content (AvgIpc) is 3.05. The van der Waals surface area contributed by atoms with Gasteiger partial charge >= 0.3 is 5.97 Å². The Morgan fingerprint density at radius 2 is 1.58 bits per heavy atom. The van der Waals surface area contributed by atoms with Gasteiger partial charge in [-0.05, 0) is 66.6 Å². The maximum absolute atomic E-state index is 13.2. The number of nitrogens with zero attached hydrogens (tertiary/aromatic N) is 1. The average molecular weight is 597 g/mol. The van der Waals surface area contributed by atoms with Crippen molar-refractivity contribution < 1.29 is 23.9 Å². The molecule has 4 aromatic rings. The molecule has 0 aliphatic rings. The highest BCUT2D eigenvalue weighted by atomic mass is 35.5. The molecule has 0 aliphatic heterocycles. The molecule has 4 rings (SSSR count). The van der Waals surface area contributed by atoms with Gasteiger partial charge in [0.15, 0.2) is 5.78 Å². The summed E-state index contributed by atoms with van der Waals surface area (Å²) in [4.78, 5) is 39.9. The zero-order chi connectivity index (χ0) is 30.6. The number of halogens is 1. The number of benzene rings is 4. The summed E-state index contributed by atoms with van der Waals surface area (Å²) in [6.07, 6.45) is 2.21. The second-order valence-corrected chi connectivity index (χ2v) is 10.1. The number of amides is 1. The summed E-state index contributed by atoms with van der Waals surface area (Å²) in [5, 5.41) is 3.82. The van der Waals surface area contributed by atoms with Gasteiger partial charge in [0, 0.05) is 40.5 Å². The Labute approximate surface area is 256 Å². The summed E-state index contributed by atoms with van der Waals surface area (Å²) < 4.78 is 11.0. The van der Waals surface area contributed by atoms with Gasteiger partial charge < -0.3 is 19.7 Å². The third-order valence-electron chi connectivity index (χ3n) is 6.76. The molecule has 1 atom stereocenters. The lowest BCUT2D eigenvalue weighted by molar-refractivity contribution is -0.141. The number of ether oxygens (including phenoxy) is 2. The van der Waals surface area contributed by atoms with Crippen LogP contribution in [0.15, 0.2) is 116 Å². The van der Waals surface area contributed by atoms with Crippen molar-refractivity contribution in [3.63, 3.8) is 0 Å². The van der Waals surface area contributed by atoms with Crippen molar-refractivity contribution in [2.24, 2.45) is 0 Å². The lowest BCUT2D eigenvalue weighted by Crippen LogP contribution is -2.33. The number of carbonyl (C=O) groups is 3. The van der Waals surface area contributed by atoms with Crippen LogP contribution in [0, 0.1) is 0 Å². The van der Waals surface area contributed by atoms with Gasteiger partial charge in [-0.3, -0.25) is 9.59 Å². The fraction of sp³-hybridized carbons (Fsp3) is 0.171. The molecule has 8 heteroatoms. The summed E-state index contributed by atoms with van der Waals surface area (Å²) in [5.74, 6) is -0.119. The minimum absolute atomic E-state index is 0.140. The van der Waals surface area contributed by atoms with Crippen LogP contribution in [0.3, 0.4) is 0 Å². The predicted molar refractivity (Wildman–Crippen MR) is 170 cm³/mol. The highest BCUT2D eigenvalue weighted by Gasteiger charge is 2.22. The van der Waals surface area contributed by atoms with E-state index in [1.165, 1.54) is 13.2 Å². The van der Waals surface area contributed by atoms with Crippen LogP contribution in [0.25, 0.3) is 0 Å². The Morgan fingerprint density at radius 3 is 2.26 bits per heavy atom. The predicted octanol–water partition coefficient (Wildman–Crippen LogP) is 6.76. The normalized spacial score (nSPS) is 11.2. The molecule has 7 nitrogen and oxygen atoms in total. The minimum Gasteiger partial charge on any atom is -0.494 e. The first-order valence-electron chi connectivity index (χ1n) is 13.8. The van der Waals surface area contributed by atoms with Gasteiger partial charge in [-0.25, -0.2) is 4.79 Å². The number of esters is 1. The second kappa shape index (κ2) is 15.4. The van der Waals surface area contributed by atoms with Crippen molar-refractivity contribution in [2.75, 3.05) is 30.5 Å². The number of anilines is 2. The molecular weight excluding hydrogens is 564 g/mol. The van der Waals surface area contributed by atoms with Gasteiger partial charge in [0.2, 0.25) is 5.91 Å². The molecule has 0 spiro atoms. The van der Waals surface area contributed by atoms with E-state index >= 15 is 0 Å². The molecule has 4 aromatic carbocycles. The minimum atomic E-state index is -0.720. The van der Waals surface area contributed by atoms with E-state index in [-0.39, 0.29) is 11.7 Å². The summed E-state index contributed by atoms with van der Waals surface area (Å²) in [6, 6.07) is 29.9. The van der Waals surface area contributed by atoms with Crippen molar-refractivity contribution in [3.8, 4) is 5.75 Å². The number of hydrogen-bond acceptors (Lipinski definition) is 6. The quantitative estimate of drug-likeness (QED) is 0.0750. The molecule has 0 bridgehead atoms. The maximum Gasteiger partial charge on any atom is 0.328 e. The fourth-order valence-corrected chi connectivity index (χ4v) is 4.67. The molecule has 1 N–H and O–H groups in total. The van der Waals surface area contributed by atoms with E-state index in [0.717, 1.165) is 11.3 Å². The molecule has 1 amide bonds. The second-order valence-electron chi connectivity index (χ2n) is 9.68. The smallest absolute Gasteiger partial charge is 0.328 e. The number of nitrogens with one attached hydrogen (secondary N) is 1. The first-order chi connectivity index (χ1) is 20.9. The highest BCUT2D eigenvalue weighted by molar-refractivity contribution is 6.30. The van der Waals surface area contributed by atoms with Crippen LogP contribution in [0.1, 0.15) is 27.9 Å². The van der Waals surface area contributed by atoms with Crippen LogP contribution in [-0.2, 0) is 20.7 Å². The van der Waals surface area contributed by atoms with E-state index in [1.54, 1.807) is 59.5 Å². The topological polar surface area (TPSA) is 84.9 Å². The lowest BCUT2D eigenvalue weighted by atomic mass is 10.00. The Morgan fingerprint density at radius 1 is 0.907 bits per heavy atom. The van der Waals surface area contributed by atoms with Gasteiger partial charge in [0.05, 0.1) is 13.7 Å². The zero-order valence-electron chi connectivity index (χ0n) is 23.9. The van der Waals surface area contributed by atoms with Gasteiger partial charge in [-0.2, -0.15) is 0 Å². The molecule has 43 heavy (non-hydrogen) atoms. The summed E-state index contributed by atoms with van der Waals surface area (Å²) in [6.45, 7) is 4.44. The van der Waals surface area contributed by atoms with Crippen LogP contribution in [0.4, 0.5) is 11.4 Å². The number of methoxy groups -OCH3 is 1. The summed E-state index contributed by atoms with van der Waals surface area (Å²) >= 11 is 5.98. The zero-order valence-corrected chi connectivity index (χ0v) is 24.6. The Balaban J connectivity index is 1.36. The molecule has 0 fully saturated rings. The van der Waals surface area contributed by atoms with Gasteiger partial charge in [-0.15, -0.1) is 0 Å². The molecule has 0 heterocycles. The number of ketones is 1. The number of hydrogen-bond donors (Lipinski definition) is 1. The standard InChI is InChI=1S/C35H33ClN2O5/c1-3-33(39)38(28-18-16-27(36)17-19-28)22-9-23-43-29-20-14-25(15-21-29)24-32(35(41)42-2)37-31-13-8-7-12-30(31)34(40)26-10-5-4-6-11-26/h3-8,10-21,32,37H,1,9,22-24H2,2H3/t32-/m0/s1. The molecule has 220 valence electrons. The molecule has 0 aliphatic carbocycles. The molecule has 0 unspecified atom stereocenters. The number of rotatable bonds is 14. The van der Waals surface area contributed by atoms with Crippen molar-refractivity contribution in [1.82, 2.24) is 0 Å². The van der Waals surface area contributed by atoms with Crippen LogP contribution < -0.4 is 15.0 Å². The van der Waals surface area contributed by atoms with Crippen LogP contribution >= 0.6 is 11.6 Å². The SMILES string of the molecule is C=CC(=O)N(CCCOc1ccc(C[C@H](Nc2ccccc2C(=O)c2ccccc2)C(=O)OC)cc1)c1ccc(Cl)cc1. The van der Waals surface area contributed by atoms with E-state index < -0.39 is 12.0 Å². The fourth-order valence-electron chi connectivity index (χ4n) is 4.54. The van der Waals surface area contributed by atoms with E-state index in [4.69, 9.17) is 21.1 Å². The Bertz CT molecular complexity index is 1540. The molecule has 0 saturated carbocycles. The monoisotopic (exact) mass is 596 g/mol. The first kappa shape index (κ1) is 31.1. The molecule has 0 saturated heterocycles. The van der Waals surface area contributed by atoms with E-state index in [9.17, 15) is 14.4 Å². The van der Waals surface area contributed by atoms with Gasteiger partial charge in [0.25, 0.3) is 0 Å². The largest absolute Gasteiger partial charge is 0.494 e. The number of carbonyl (C=O) groups excluding carboxylic acids is 3. The van der Waals surface area contributed by atoms with E-state index in [0.29, 0.717) is 53.6 Å². The van der Waals surface area contributed by atoms with Crippen LogP contribution in [-0.4, -0.2) is 44.0 Å². The van der Waals surface area contributed by atoms with E-state index in [1.807, 2.05) is 48.5 Å². The van der Waals surface area contributed by atoms with Crippen molar-refractivity contribution in [3.05, 3.63) is 137 Å². The first-order valence-corrected chi connectivity index (χ1v) is 14.2. The number of para-hydroxylation sites is 1. The van der Waals surface area contributed by atoms with Crippen LogP contribution in [0.2, 0.25) is 5.02 Å². The van der Waals surface area contributed by atoms with Gasteiger partial charge in [-0.1, -0.05) is 72.8 Å². The molecule has 0 radical (unpaired) electrons. The van der Waals surface area contributed by atoms with Crippen molar-refractivity contribution in [1.29, 1.82) is 0 Å². The summed E-state index contributed by atoms with van der Waals surface area (Å²) in [5.41, 5.74) is 3.20. The Kier molecular flexibility index (Phi) is 11.1. The third-order valence-corrected chi connectivity index (χ3v) is 7.01.